The second-order valence-electron chi connectivity index (χ2n) is 25.0. The van der Waals surface area contributed by atoms with Gasteiger partial charge in [0, 0.05) is 93.1 Å². The number of ether oxygens (including phenoxy) is 7. The van der Waals surface area contributed by atoms with Crippen LogP contribution in [-0.4, -0.2) is 106 Å². The zero-order valence-electron chi connectivity index (χ0n) is 48.8. The molecule has 3 amide bonds. The van der Waals surface area contributed by atoms with Gasteiger partial charge in [0.05, 0.1) is 32.5 Å². The minimum absolute atomic E-state index is 0.118. The number of carbonyl (C=O) groups excluding carboxylic acids is 3. The zero-order chi connectivity index (χ0) is 57.7. The van der Waals surface area contributed by atoms with E-state index in [2.05, 4.69) is 5.32 Å². The summed E-state index contributed by atoms with van der Waals surface area (Å²) in [5.74, 6) is 1.75. The molecule has 6 atom stereocenters. The SMILES string of the molecule is COc1cc(C(=O)N(Cc2cc3ccccc3c[n+]2[O-])C[C@@H]2C[C@@H]3CCCC[C@@H]3N2)cc2c1OC(C)(C)O2.COc1cc(C(=O)N(Cc2cc3ccccc3cn2)C[C@@H]2C[C@@H]3CCCC[C@@H]3N2C(=O)OC(C)(C)C)cc2c1OC(C)(C)O2. The van der Waals surface area contributed by atoms with E-state index >= 15 is 0 Å². The van der Waals surface area contributed by atoms with E-state index in [0.717, 1.165) is 70.5 Å². The van der Waals surface area contributed by atoms with Crippen LogP contribution in [-0.2, 0) is 17.8 Å². The average molecular weight is 1120 g/mol. The molecule has 2 saturated heterocycles. The van der Waals surface area contributed by atoms with Gasteiger partial charge in [-0.3, -0.25) is 14.6 Å². The third-order valence-electron chi connectivity index (χ3n) is 16.8. The van der Waals surface area contributed by atoms with Crippen LogP contribution in [0.2, 0.25) is 0 Å². The van der Waals surface area contributed by atoms with Gasteiger partial charge in [0.15, 0.2) is 29.2 Å². The van der Waals surface area contributed by atoms with Crippen molar-refractivity contribution in [1.29, 1.82) is 0 Å². The Balaban J connectivity index is 0.000000174. The molecule has 0 radical (unpaired) electrons. The van der Waals surface area contributed by atoms with E-state index in [0.29, 0.717) is 82.3 Å². The van der Waals surface area contributed by atoms with E-state index < -0.39 is 17.2 Å². The lowest BCUT2D eigenvalue weighted by Gasteiger charge is -2.36. The monoisotopic (exact) mass is 1120 g/mol. The number of fused-ring (bicyclic) bond motifs is 6. The molecule has 2 saturated carbocycles. The molecule has 2 aliphatic carbocycles. The first kappa shape index (κ1) is 56.3. The number of pyridine rings is 2. The summed E-state index contributed by atoms with van der Waals surface area (Å²) in [6.45, 7) is 14.3. The summed E-state index contributed by atoms with van der Waals surface area (Å²) in [6.07, 6.45) is 14.2. The van der Waals surface area contributed by atoms with Crippen molar-refractivity contribution in [2.24, 2.45) is 11.8 Å². The summed E-state index contributed by atoms with van der Waals surface area (Å²) in [5, 5.41) is 20.7. The van der Waals surface area contributed by atoms with E-state index in [9.17, 15) is 19.6 Å². The quantitative estimate of drug-likeness (QED) is 0.0905. The normalized spacial score (nSPS) is 22.6. The van der Waals surface area contributed by atoms with Crippen LogP contribution < -0.4 is 38.5 Å². The maximum absolute atomic E-state index is 14.5. The fourth-order valence-electron chi connectivity index (χ4n) is 13.3. The third-order valence-corrected chi connectivity index (χ3v) is 16.8. The Morgan fingerprint density at radius 1 is 0.695 bits per heavy atom. The van der Waals surface area contributed by atoms with Crippen LogP contribution in [0.4, 0.5) is 4.79 Å². The van der Waals surface area contributed by atoms with E-state index in [1.54, 1.807) is 54.5 Å². The highest BCUT2D eigenvalue weighted by molar-refractivity contribution is 5.97. The molecule has 17 nitrogen and oxygen atoms in total. The summed E-state index contributed by atoms with van der Waals surface area (Å²) < 4.78 is 41.8. The topological polar surface area (TPSA) is 177 Å². The predicted molar refractivity (Wildman–Crippen MR) is 310 cm³/mol. The van der Waals surface area contributed by atoms with Gasteiger partial charge in [-0.15, -0.1) is 0 Å². The molecule has 0 unspecified atom stereocenters. The van der Waals surface area contributed by atoms with Crippen molar-refractivity contribution in [1.82, 2.24) is 25.0 Å². The molecular formula is C65H78N6O11. The highest BCUT2D eigenvalue weighted by Gasteiger charge is 2.47. The molecule has 0 bridgehead atoms. The molecule has 12 rings (SSSR count). The minimum Gasteiger partial charge on any atom is -0.618 e. The number of nitrogens with zero attached hydrogens (tertiary/aromatic N) is 5. The summed E-state index contributed by atoms with van der Waals surface area (Å²) in [4.78, 5) is 52.5. The summed E-state index contributed by atoms with van der Waals surface area (Å²) in [7, 11) is 3.10. The van der Waals surface area contributed by atoms with Crippen molar-refractivity contribution < 1.29 is 52.3 Å². The Morgan fingerprint density at radius 2 is 1.26 bits per heavy atom. The van der Waals surface area contributed by atoms with Crippen LogP contribution in [0.15, 0.2) is 97.3 Å². The van der Waals surface area contributed by atoms with Gasteiger partial charge in [-0.2, -0.15) is 4.73 Å². The van der Waals surface area contributed by atoms with E-state index in [4.69, 9.17) is 38.1 Å². The maximum atomic E-state index is 14.5. The lowest BCUT2D eigenvalue weighted by atomic mass is 9.85. The molecule has 2 aromatic heterocycles. The van der Waals surface area contributed by atoms with Gasteiger partial charge in [0.1, 0.15) is 12.1 Å². The lowest BCUT2D eigenvalue weighted by molar-refractivity contribution is -0.613. The van der Waals surface area contributed by atoms with Gasteiger partial charge < -0.3 is 58.4 Å². The van der Waals surface area contributed by atoms with E-state index in [1.165, 1.54) is 25.7 Å². The molecule has 4 aliphatic heterocycles. The smallest absolute Gasteiger partial charge is 0.410 e. The number of amides is 3. The molecule has 434 valence electrons. The Bertz CT molecular complexity index is 3360. The van der Waals surface area contributed by atoms with Crippen LogP contribution in [0.25, 0.3) is 21.5 Å². The molecule has 0 spiro atoms. The van der Waals surface area contributed by atoms with Crippen molar-refractivity contribution in [2.45, 2.75) is 167 Å². The molecule has 4 aromatic carbocycles. The first-order valence-corrected chi connectivity index (χ1v) is 29.2. The van der Waals surface area contributed by atoms with Crippen LogP contribution in [0.1, 0.15) is 145 Å². The van der Waals surface area contributed by atoms with Crippen LogP contribution >= 0.6 is 0 Å². The van der Waals surface area contributed by atoms with Crippen LogP contribution in [0, 0.1) is 17.0 Å². The summed E-state index contributed by atoms with van der Waals surface area (Å²) >= 11 is 0. The first-order chi connectivity index (χ1) is 39.2. The first-order valence-electron chi connectivity index (χ1n) is 29.2. The minimum atomic E-state index is -0.875. The van der Waals surface area contributed by atoms with E-state index in [1.807, 2.05) is 120 Å². The maximum Gasteiger partial charge on any atom is 0.410 e. The number of rotatable bonds is 12. The molecule has 6 aliphatic rings. The van der Waals surface area contributed by atoms with Gasteiger partial charge in [0.25, 0.3) is 11.8 Å². The molecule has 17 heteroatoms. The largest absolute Gasteiger partial charge is 0.618 e. The van der Waals surface area contributed by atoms with Gasteiger partial charge in [-0.05, 0) is 118 Å². The number of aromatic nitrogens is 2. The Hall–Kier alpha value is -7.53. The number of hydrogen-bond acceptors (Lipinski definition) is 13. The molecule has 6 aromatic rings. The zero-order valence-corrected chi connectivity index (χ0v) is 48.8. The molecular weight excluding hydrogens is 1040 g/mol. The Labute approximate surface area is 480 Å². The highest BCUT2D eigenvalue weighted by atomic mass is 16.7. The van der Waals surface area contributed by atoms with Gasteiger partial charge in [0.2, 0.25) is 28.8 Å². The van der Waals surface area contributed by atoms with Crippen LogP contribution in [0.5, 0.6) is 34.5 Å². The average Bonchev–Trinajstić information content (AvgIpc) is 4.20. The van der Waals surface area contributed by atoms with Gasteiger partial charge in [-0.1, -0.05) is 68.1 Å². The van der Waals surface area contributed by atoms with Gasteiger partial charge in [-0.25, -0.2) is 4.79 Å². The number of nitrogens with one attached hydrogen (secondary N) is 1. The number of carbonyl (C=O) groups is 3. The second kappa shape index (κ2) is 22.7. The molecule has 6 heterocycles. The number of hydrogen-bond donors (Lipinski definition) is 1. The number of benzene rings is 4. The molecule has 82 heavy (non-hydrogen) atoms. The lowest BCUT2D eigenvalue weighted by Crippen LogP contribution is -2.50. The fraction of sp³-hybridized carbons (Fsp3) is 0.492. The number of likely N-dealkylation sites (tertiary alicyclic amines) is 1. The summed E-state index contributed by atoms with van der Waals surface area (Å²) in [5.41, 5.74) is 1.54. The number of methoxy groups -OCH3 is 2. The van der Waals surface area contributed by atoms with Crippen molar-refractivity contribution in [2.75, 3.05) is 27.3 Å². The van der Waals surface area contributed by atoms with E-state index in [-0.39, 0.29) is 49.1 Å². The third kappa shape index (κ3) is 12.2. The van der Waals surface area contributed by atoms with Crippen molar-refractivity contribution in [3.05, 3.63) is 125 Å². The molecule has 4 fully saturated rings. The fourth-order valence-corrected chi connectivity index (χ4v) is 13.3. The van der Waals surface area contributed by atoms with Crippen molar-refractivity contribution >= 4 is 39.5 Å². The van der Waals surface area contributed by atoms with Crippen molar-refractivity contribution in [3.63, 3.8) is 0 Å². The Morgan fingerprint density at radius 3 is 1.87 bits per heavy atom. The standard InChI is InChI=1S/C35H43N3O6.C30H35N3O5/c1-34(2,3)44-33(40)38-27(16-23-12-9-10-14-28(23)38)21-37(20-26-15-22-11-7-8-13-24(22)19-36-26)32(39)25-17-29(41-6)31-30(18-25)42-35(4,5)43-31;1-30(2)37-27-15-22(14-26(36-3)28(27)38-30)29(34)32(17-23-12-20-9-6-7-11-25(20)31-23)18-24-13-19-8-4-5-10-21(19)16-33(24)35/h7-8,11,13,15,17-19,23,27-28H,9-10,12,14,16,20-21H2,1-6H3;4-5,8,10,13-16,20,23,25,31H,6-7,9,11-12,17-18H2,1-3H3/t23-,27-,28-;20-,23-,25-/m00/s1. The Kier molecular flexibility index (Phi) is 15.6. The second-order valence-corrected chi connectivity index (χ2v) is 25.0. The predicted octanol–water partition coefficient (Wildman–Crippen LogP) is 11.5. The summed E-state index contributed by atoms with van der Waals surface area (Å²) in [6, 6.07) is 27.2. The van der Waals surface area contributed by atoms with Gasteiger partial charge >= 0.3 is 6.09 Å². The molecule has 1 N–H and O–H groups in total. The van der Waals surface area contributed by atoms with Crippen LogP contribution in [0.3, 0.4) is 0 Å². The highest BCUT2D eigenvalue weighted by Crippen LogP contribution is 2.49. The van der Waals surface area contributed by atoms with Crippen molar-refractivity contribution in [3.8, 4) is 34.5 Å².